The van der Waals surface area contributed by atoms with Crippen LogP contribution in [0.2, 0.25) is 0 Å². The van der Waals surface area contributed by atoms with Gasteiger partial charge in [-0.25, -0.2) is 4.79 Å². The van der Waals surface area contributed by atoms with E-state index in [4.69, 9.17) is 9.82 Å². The van der Waals surface area contributed by atoms with Gasteiger partial charge in [-0.2, -0.15) is 4.98 Å². The molecule has 0 unspecified atom stereocenters. The Hall–Kier alpha value is -6.31. The summed E-state index contributed by atoms with van der Waals surface area (Å²) in [7, 11) is 0. The maximum atomic E-state index is 13.3. The van der Waals surface area contributed by atoms with Crippen LogP contribution >= 0.6 is 11.3 Å². The van der Waals surface area contributed by atoms with Gasteiger partial charge in [0.25, 0.3) is 5.88 Å². The molecule has 0 aliphatic rings. The number of hydrogen-bond acceptors (Lipinski definition) is 6. The van der Waals surface area contributed by atoms with E-state index in [-0.39, 0.29) is 11.6 Å². The standard InChI is InChI=1S/C43H33N3O3S/c47-40(48)39(42(32-19-7-1-8-20-32,33-21-9-2-10-22-33)34-23-11-3-12-24-34)46-49-38-31-50-41(44-38)45-43(35-25-13-4-14-26-35,36-27-15-5-16-28-36)37-29-17-6-18-30-37/h1-31H,(H,44,45)(H,47,48). The number of nitrogens with zero attached hydrogens (tertiary/aromatic N) is 2. The molecule has 0 aliphatic heterocycles. The first-order chi connectivity index (χ1) is 24.6. The molecule has 0 saturated heterocycles. The van der Waals surface area contributed by atoms with Crippen LogP contribution in [-0.2, 0) is 15.7 Å². The minimum Gasteiger partial charge on any atom is -0.477 e. The molecule has 0 aliphatic carbocycles. The van der Waals surface area contributed by atoms with Gasteiger partial charge in [0.2, 0.25) is 0 Å². The van der Waals surface area contributed by atoms with Crippen LogP contribution in [0.5, 0.6) is 5.88 Å². The minimum atomic E-state index is -1.30. The molecule has 50 heavy (non-hydrogen) atoms. The number of rotatable bonds is 12. The molecule has 1 heterocycles. The molecule has 7 rings (SSSR count). The van der Waals surface area contributed by atoms with E-state index >= 15 is 0 Å². The molecule has 0 radical (unpaired) electrons. The van der Waals surface area contributed by atoms with Crippen LogP contribution in [0.4, 0.5) is 5.13 Å². The monoisotopic (exact) mass is 671 g/mol. The van der Waals surface area contributed by atoms with Crippen molar-refractivity contribution in [2.24, 2.45) is 5.16 Å². The van der Waals surface area contributed by atoms with Gasteiger partial charge in [-0.05, 0) is 33.4 Å². The fourth-order valence-corrected chi connectivity index (χ4v) is 7.30. The third-order valence-electron chi connectivity index (χ3n) is 8.81. The minimum absolute atomic E-state index is 0.169. The summed E-state index contributed by atoms with van der Waals surface area (Å²) in [5.41, 5.74) is 3.01. The van der Waals surface area contributed by atoms with Gasteiger partial charge in [0.05, 0.1) is 10.8 Å². The van der Waals surface area contributed by atoms with Gasteiger partial charge < -0.3 is 15.3 Å². The normalized spacial score (nSPS) is 11.9. The Balaban J connectivity index is 1.33. The highest BCUT2D eigenvalue weighted by Crippen LogP contribution is 2.43. The molecule has 244 valence electrons. The first-order valence-electron chi connectivity index (χ1n) is 16.2. The van der Waals surface area contributed by atoms with Crippen molar-refractivity contribution in [3.8, 4) is 5.88 Å². The lowest BCUT2D eigenvalue weighted by atomic mass is 9.66. The quantitative estimate of drug-likeness (QED) is 0.0768. The van der Waals surface area contributed by atoms with E-state index < -0.39 is 16.9 Å². The summed E-state index contributed by atoms with van der Waals surface area (Å²) >= 11 is 1.35. The lowest BCUT2D eigenvalue weighted by Gasteiger charge is -2.36. The van der Waals surface area contributed by atoms with E-state index in [1.165, 1.54) is 11.3 Å². The third-order valence-corrected chi connectivity index (χ3v) is 9.54. The lowest BCUT2D eigenvalue weighted by molar-refractivity contribution is -0.129. The van der Waals surface area contributed by atoms with Crippen LogP contribution in [0.25, 0.3) is 0 Å². The number of carboxylic acid groups (broad SMARTS) is 1. The highest BCUT2D eigenvalue weighted by Gasteiger charge is 2.46. The topological polar surface area (TPSA) is 83.8 Å². The van der Waals surface area contributed by atoms with Crippen molar-refractivity contribution in [2.75, 3.05) is 5.32 Å². The second-order valence-corrected chi connectivity index (χ2v) is 12.5. The number of nitrogens with one attached hydrogen (secondary N) is 1. The van der Waals surface area contributed by atoms with Gasteiger partial charge in [-0.1, -0.05) is 187 Å². The largest absolute Gasteiger partial charge is 0.477 e. The van der Waals surface area contributed by atoms with Gasteiger partial charge >= 0.3 is 5.97 Å². The number of oxime groups is 1. The van der Waals surface area contributed by atoms with Crippen LogP contribution in [0.15, 0.2) is 193 Å². The predicted octanol–water partition coefficient (Wildman–Crippen LogP) is 9.40. The zero-order chi connectivity index (χ0) is 34.2. The summed E-state index contributed by atoms with van der Waals surface area (Å²) in [5, 5.41) is 21.3. The van der Waals surface area contributed by atoms with Crippen LogP contribution in [0, 0.1) is 0 Å². The van der Waals surface area contributed by atoms with Crippen molar-refractivity contribution < 1.29 is 14.7 Å². The Morgan fingerprint density at radius 3 is 1.24 bits per heavy atom. The van der Waals surface area contributed by atoms with E-state index in [0.717, 1.165) is 33.4 Å². The van der Waals surface area contributed by atoms with Crippen LogP contribution in [-0.4, -0.2) is 21.8 Å². The molecule has 0 saturated carbocycles. The number of carbonyl (C=O) groups is 1. The molecule has 2 N–H and O–H groups in total. The third kappa shape index (κ3) is 6.06. The molecule has 0 bridgehead atoms. The van der Waals surface area contributed by atoms with Gasteiger partial charge in [0, 0.05) is 0 Å². The fourth-order valence-electron chi connectivity index (χ4n) is 6.63. The van der Waals surface area contributed by atoms with Gasteiger partial charge in [-0.15, -0.1) is 11.3 Å². The number of hydrogen-bond donors (Lipinski definition) is 2. The van der Waals surface area contributed by atoms with Gasteiger partial charge in [-0.3, -0.25) is 0 Å². The summed E-state index contributed by atoms with van der Waals surface area (Å²) in [6.45, 7) is 0. The molecule has 6 aromatic carbocycles. The summed E-state index contributed by atoms with van der Waals surface area (Å²) in [6.07, 6.45) is 0. The van der Waals surface area contributed by atoms with Crippen molar-refractivity contribution in [2.45, 2.75) is 11.0 Å². The maximum Gasteiger partial charge on any atom is 0.355 e. The summed E-state index contributed by atoms with van der Waals surface area (Å²) in [6, 6.07) is 59.3. The molecular weight excluding hydrogens is 639 g/mol. The van der Waals surface area contributed by atoms with Crippen LogP contribution < -0.4 is 10.2 Å². The molecule has 7 aromatic rings. The molecule has 1 aromatic heterocycles. The zero-order valence-electron chi connectivity index (χ0n) is 27.0. The van der Waals surface area contributed by atoms with Crippen molar-refractivity contribution >= 4 is 28.1 Å². The maximum absolute atomic E-state index is 13.3. The molecule has 7 heteroatoms. The number of thiazole rings is 1. The van der Waals surface area contributed by atoms with Crippen molar-refractivity contribution in [3.05, 3.63) is 221 Å². The van der Waals surface area contributed by atoms with E-state index in [9.17, 15) is 9.90 Å². The second-order valence-electron chi connectivity index (χ2n) is 11.6. The lowest BCUT2D eigenvalue weighted by Crippen LogP contribution is -2.43. The van der Waals surface area contributed by atoms with Gasteiger partial charge in [0.1, 0.15) is 5.54 Å². The molecule has 0 fully saturated rings. The average Bonchev–Trinajstić information content (AvgIpc) is 3.64. The Morgan fingerprint density at radius 2 is 0.900 bits per heavy atom. The van der Waals surface area contributed by atoms with E-state index in [1.807, 2.05) is 146 Å². The summed E-state index contributed by atoms with van der Waals surface area (Å²) in [5.74, 6) is -1.05. The van der Waals surface area contributed by atoms with E-state index in [1.54, 1.807) is 5.38 Å². The van der Waals surface area contributed by atoms with Crippen LogP contribution in [0.3, 0.4) is 0 Å². The summed E-state index contributed by atoms with van der Waals surface area (Å²) < 4.78 is 0. The van der Waals surface area contributed by atoms with E-state index in [0.29, 0.717) is 5.13 Å². The first-order valence-corrected chi connectivity index (χ1v) is 17.1. The van der Waals surface area contributed by atoms with Crippen molar-refractivity contribution in [1.29, 1.82) is 0 Å². The Kier molecular flexibility index (Phi) is 9.31. The Morgan fingerprint density at radius 1 is 0.560 bits per heavy atom. The molecule has 6 nitrogen and oxygen atoms in total. The molecule has 0 spiro atoms. The van der Waals surface area contributed by atoms with Crippen molar-refractivity contribution in [3.63, 3.8) is 0 Å². The molecular formula is C43H33N3O3S. The number of aliphatic carboxylic acids is 1. The number of benzene rings is 6. The number of anilines is 1. The van der Waals surface area contributed by atoms with Crippen LogP contribution in [0.1, 0.15) is 33.4 Å². The smallest absolute Gasteiger partial charge is 0.355 e. The SMILES string of the molecule is O=C(O)C(=NOc1csc(NC(c2ccccc2)(c2ccccc2)c2ccccc2)n1)C(c1ccccc1)(c1ccccc1)c1ccccc1. The first kappa shape index (κ1) is 32.2. The number of aromatic nitrogens is 1. The number of carboxylic acids is 1. The highest BCUT2D eigenvalue weighted by atomic mass is 32.1. The molecule has 0 atom stereocenters. The zero-order valence-corrected chi connectivity index (χ0v) is 27.8. The van der Waals surface area contributed by atoms with Crippen molar-refractivity contribution in [1.82, 2.24) is 4.98 Å². The highest BCUT2D eigenvalue weighted by molar-refractivity contribution is 7.13. The Labute approximate surface area is 295 Å². The predicted molar refractivity (Wildman–Crippen MR) is 200 cm³/mol. The Bertz CT molecular complexity index is 1980. The average molecular weight is 672 g/mol. The summed E-state index contributed by atoms with van der Waals surface area (Å²) in [4.78, 5) is 24.1. The van der Waals surface area contributed by atoms with E-state index in [2.05, 4.69) is 46.9 Å². The molecule has 0 amide bonds. The fraction of sp³-hybridized carbons (Fsp3) is 0.0465. The van der Waals surface area contributed by atoms with Gasteiger partial charge in [0.15, 0.2) is 10.8 Å². The second kappa shape index (κ2) is 14.4.